The molecule has 1 amide bonds. The van der Waals surface area contributed by atoms with E-state index < -0.39 is 0 Å². The van der Waals surface area contributed by atoms with Gasteiger partial charge in [-0.3, -0.25) is 9.69 Å². The van der Waals surface area contributed by atoms with Gasteiger partial charge in [0, 0.05) is 25.6 Å². The van der Waals surface area contributed by atoms with Crippen LogP contribution in [-0.2, 0) is 13.0 Å². The molecule has 0 spiro atoms. The van der Waals surface area contributed by atoms with Crippen molar-refractivity contribution in [1.82, 2.24) is 15.2 Å². The lowest BCUT2D eigenvalue weighted by atomic mass is 10.2. The van der Waals surface area contributed by atoms with E-state index in [1.165, 1.54) is 0 Å². The fraction of sp³-hybridized carbons (Fsp3) is 0.667. The molecule has 5 heteroatoms. The van der Waals surface area contributed by atoms with Crippen LogP contribution < -0.4 is 5.32 Å². The third-order valence-electron chi connectivity index (χ3n) is 2.87. The summed E-state index contributed by atoms with van der Waals surface area (Å²) < 4.78 is 5.51. The van der Waals surface area contributed by atoms with Crippen LogP contribution in [0.1, 0.15) is 42.9 Å². The van der Waals surface area contributed by atoms with Crippen molar-refractivity contribution in [1.29, 1.82) is 0 Å². The summed E-state index contributed by atoms with van der Waals surface area (Å²) in [4.78, 5) is 18.3. The van der Waals surface area contributed by atoms with E-state index in [1.807, 2.05) is 13.8 Å². The Morgan fingerprint density at radius 2 is 2.35 bits per heavy atom. The van der Waals surface area contributed by atoms with Gasteiger partial charge in [0.25, 0.3) is 5.89 Å². The number of carbonyl (C=O) groups is 1. The highest BCUT2D eigenvalue weighted by Crippen LogP contribution is 2.19. The van der Waals surface area contributed by atoms with Crippen molar-refractivity contribution in [2.45, 2.75) is 39.8 Å². The normalized spacial score (nSPS) is 16.0. The quantitative estimate of drug-likeness (QED) is 0.858. The molecule has 0 aromatic carbocycles. The number of aromatic nitrogens is 1. The Labute approximate surface area is 101 Å². The molecule has 1 aliphatic heterocycles. The van der Waals surface area contributed by atoms with Gasteiger partial charge in [0.15, 0.2) is 0 Å². The molecule has 94 valence electrons. The number of hydrogen-bond acceptors (Lipinski definition) is 4. The van der Waals surface area contributed by atoms with Crippen LogP contribution >= 0.6 is 0 Å². The molecule has 0 unspecified atom stereocenters. The second-order valence-electron chi connectivity index (χ2n) is 4.64. The lowest BCUT2D eigenvalue weighted by Gasteiger charge is -2.22. The summed E-state index contributed by atoms with van der Waals surface area (Å²) in [5.74, 6) is 0.836. The number of nitrogens with one attached hydrogen (secondary N) is 1. The van der Waals surface area contributed by atoms with Crippen molar-refractivity contribution in [3.05, 3.63) is 17.3 Å². The highest BCUT2D eigenvalue weighted by molar-refractivity contribution is 5.89. The van der Waals surface area contributed by atoms with E-state index in [0.29, 0.717) is 0 Å². The smallest absolute Gasteiger partial charge is 0.307 e. The highest BCUT2D eigenvalue weighted by Gasteiger charge is 2.24. The first-order valence-electron chi connectivity index (χ1n) is 6.12. The number of rotatable bonds is 3. The number of oxazole rings is 1. The summed E-state index contributed by atoms with van der Waals surface area (Å²) in [6, 6.07) is 0.0959. The molecule has 0 bridgehead atoms. The van der Waals surface area contributed by atoms with Crippen LogP contribution in [0.3, 0.4) is 0 Å². The lowest BCUT2D eigenvalue weighted by molar-refractivity contribution is 0.0906. The van der Waals surface area contributed by atoms with E-state index in [4.69, 9.17) is 4.42 Å². The van der Waals surface area contributed by atoms with Crippen LogP contribution in [0.15, 0.2) is 4.42 Å². The first-order chi connectivity index (χ1) is 8.10. The topological polar surface area (TPSA) is 58.4 Å². The molecule has 1 N–H and O–H groups in total. The minimum absolute atomic E-state index is 0.0959. The predicted octanol–water partition coefficient (Wildman–Crippen LogP) is 1.19. The molecule has 1 aromatic heterocycles. The molecule has 0 radical (unpaired) electrons. The number of hydrogen-bond donors (Lipinski definition) is 1. The maximum absolute atomic E-state index is 11.7. The largest absolute Gasteiger partial charge is 0.437 e. The van der Waals surface area contributed by atoms with Crippen molar-refractivity contribution in [3.63, 3.8) is 0 Å². The number of likely N-dealkylation sites (N-methyl/N-ethyl adjacent to an activating group) is 1. The minimum Gasteiger partial charge on any atom is -0.437 e. The third kappa shape index (κ3) is 2.66. The Hall–Kier alpha value is -1.36. The first kappa shape index (κ1) is 12.1. The Morgan fingerprint density at radius 1 is 1.59 bits per heavy atom. The molecule has 5 nitrogen and oxygen atoms in total. The summed E-state index contributed by atoms with van der Waals surface area (Å²) in [7, 11) is 0. The second kappa shape index (κ2) is 4.87. The summed E-state index contributed by atoms with van der Waals surface area (Å²) in [6.07, 6.45) is 0.838. The molecule has 2 rings (SSSR count). The van der Waals surface area contributed by atoms with E-state index in [-0.39, 0.29) is 17.8 Å². The third-order valence-corrected chi connectivity index (χ3v) is 2.87. The summed E-state index contributed by atoms with van der Waals surface area (Å²) in [5, 5.41) is 2.78. The van der Waals surface area contributed by atoms with Gasteiger partial charge in [-0.1, -0.05) is 6.92 Å². The van der Waals surface area contributed by atoms with Gasteiger partial charge in [-0.2, -0.15) is 0 Å². The highest BCUT2D eigenvalue weighted by atomic mass is 16.4. The van der Waals surface area contributed by atoms with Crippen molar-refractivity contribution in [3.8, 4) is 0 Å². The van der Waals surface area contributed by atoms with Gasteiger partial charge in [-0.05, 0) is 20.4 Å². The zero-order valence-electron chi connectivity index (χ0n) is 10.6. The summed E-state index contributed by atoms with van der Waals surface area (Å²) in [5.41, 5.74) is 0.909. The van der Waals surface area contributed by atoms with Crippen LogP contribution in [-0.4, -0.2) is 34.9 Å². The molecule has 0 aliphatic carbocycles. The van der Waals surface area contributed by atoms with Crippen LogP contribution in [0.5, 0.6) is 0 Å². The molecular weight excluding hydrogens is 218 g/mol. The van der Waals surface area contributed by atoms with E-state index in [1.54, 1.807) is 0 Å². The van der Waals surface area contributed by atoms with Gasteiger partial charge in [-0.15, -0.1) is 0 Å². The molecule has 2 heterocycles. The first-order valence-corrected chi connectivity index (χ1v) is 6.12. The maximum Gasteiger partial charge on any atom is 0.307 e. The van der Waals surface area contributed by atoms with E-state index in [2.05, 4.69) is 22.1 Å². The minimum atomic E-state index is -0.225. The molecular formula is C12H19N3O2. The van der Waals surface area contributed by atoms with Crippen molar-refractivity contribution in [2.75, 3.05) is 13.1 Å². The van der Waals surface area contributed by atoms with Crippen LogP contribution in [0.4, 0.5) is 0 Å². The van der Waals surface area contributed by atoms with Gasteiger partial charge in [0.1, 0.15) is 5.76 Å². The van der Waals surface area contributed by atoms with E-state index >= 15 is 0 Å². The van der Waals surface area contributed by atoms with Crippen LogP contribution in [0, 0.1) is 0 Å². The molecule has 0 saturated carbocycles. The average molecular weight is 237 g/mol. The maximum atomic E-state index is 11.7. The molecule has 0 saturated heterocycles. The Balaban J connectivity index is 2.12. The monoisotopic (exact) mass is 237 g/mol. The number of carbonyl (C=O) groups excluding carboxylic acids is 1. The SMILES string of the molecule is CCN1CCc2oc(C(=O)NC(C)C)nc2C1. The van der Waals surface area contributed by atoms with Gasteiger partial charge < -0.3 is 9.73 Å². The van der Waals surface area contributed by atoms with Gasteiger partial charge >= 0.3 is 5.91 Å². The van der Waals surface area contributed by atoms with E-state index in [9.17, 15) is 4.79 Å². The van der Waals surface area contributed by atoms with Crippen LogP contribution in [0.25, 0.3) is 0 Å². The van der Waals surface area contributed by atoms with Gasteiger partial charge in [0.05, 0.1) is 5.69 Å². The van der Waals surface area contributed by atoms with Gasteiger partial charge in [0.2, 0.25) is 0 Å². The van der Waals surface area contributed by atoms with Crippen molar-refractivity contribution >= 4 is 5.91 Å². The van der Waals surface area contributed by atoms with Crippen LogP contribution in [0.2, 0.25) is 0 Å². The predicted molar refractivity (Wildman–Crippen MR) is 63.8 cm³/mol. The number of nitrogens with zero attached hydrogens (tertiary/aromatic N) is 2. The fourth-order valence-corrected chi connectivity index (χ4v) is 1.94. The Morgan fingerprint density at radius 3 is 3.00 bits per heavy atom. The van der Waals surface area contributed by atoms with Crippen molar-refractivity contribution in [2.24, 2.45) is 0 Å². The standard InChI is InChI=1S/C12H19N3O2/c1-4-15-6-5-10-9(7-15)14-12(17-10)11(16)13-8(2)3/h8H,4-7H2,1-3H3,(H,13,16). The fourth-order valence-electron chi connectivity index (χ4n) is 1.94. The average Bonchev–Trinajstić information content (AvgIpc) is 2.70. The van der Waals surface area contributed by atoms with Gasteiger partial charge in [-0.25, -0.2) is 4.98 Å². The number of amides is 1. The zero-order chi connectivity index (χ0) is 12.4. The zero-order valence-corrected chi connectivity index (χ0v) is 10.6. The van der Waals surface area contributed by atoms with E-state index in [0.717, 1.165) is 37.5 Å². The molecule has 0 atom stereocenters. The Kier molecular flexibility index (Phi) is 3.47. The Bertz CT molecular complexity index is 412. The summed E-state index contributed by atoms with van der Waals surface area (Å²) >= 11 is 0. The lowest BCUT2D eigenvalue weighted by Crippen LogP contribution is -2.30. The molecule has 1 aromatic rings. The summed E-state index contributed by atoms with van der Waals surface area (Å²) in [6.45, 7) is 8.71. The number of fused-ring (bicyclic) bond motifs is 1. The molecule has 0 fully saturated rings. The molecule has 1 aliphatic rings. The second-order valence-corrected chi connectivity index (χ2v) is 4.64. The van der Waals surface area contributed by atoms with Crippen molar-refractivity contribution < 1.29 is 9.21 Å². The molecule has 17 heavy (non-hydrogen) atoms.